The number of hydrogen-bond donors (Lipinski definition) is 2. The number of nitrogens with zero attached hydrogens (tertiary/aromatic N) is 1. The number of benzene rings is 1. The molecule has 2 rings (SSSR count). The Morgan fingerprint density at radius 3 is 2.53 bits per heavy atom. The maximum Gasteiger partial charge on any atom is 0.315 e. The lowest BCUT2D eigenvalue weighted by atomic mass is 10.1. The molecule has 1 aromatic carbocycles. The number of hydrogen-bond acceptors (Lipinski definition) is 2. The van der Waals surface area contributed by atoms with Crippen LogP contribution in [0.15, 0.2) is 24.3 Å². The van der Waals surface area contributed by atoms with E-state index in [9.17, 15) is 4.79 Å². The topological polar surface area (TPSA) is 64.9 Å². The zero-order valence-electron chi connectivity index (χ0n) is 11.1. The molecular weight excluding hydrogens is 238 g/mol. The van der Waals surface area contributed by atoms with Crippen LogP contribution < -0.4 is 10.6 Å². The second-order valence-electron chi connectivity index (χ2n) is 5.05. The first-order chi connectivity index (χ1) is 9.19. The third kappa shape index (κ3) is 3.72. The zero-order chi connectivity index (χ0) is 13.7. The molecule has 0 unspecified atom stereocenters. The van der Waals surface area contributed by atoms with Crippen LogP contribution in [-0.2, 0) is 0 Å². The van der Waals surface area contributed by atoms with Crippen LogP contribution in [0, 0.1) is 11.3 Å². The molecule has 1 saturated carbocycles. The van der Waals surface area contributed by atoms with E-state index in [4.69, 9.17) is 5.26 Å². The van der Waals surface area contributed by atoms with Crippen molar-refractivity contribution in [2.45, 2.75) is 44.7 Å². The molecule has 0 bridgehead atoms. The highest BCUT2D eigenvalue weighted by atomic mass is 16.2. The van der Waals surface area contributed by atoms with E-state index in [2.05, 4.69) is 16.7 Å². The monoisotopic (exact) mass is 257 g/mol. The lowest BCUT2D eigenvalue weighted by molar-refractivity contribution is 0.234. The Kier molecular flexibility index (Phi) is 4.40. The molecule has 100 valence electrons. The van der Waals surface area contributed by atoms with Crippen LogP contribution in [0.4, 0.5) is 4.79 Å². The van der Waals surface area contributed by atoms with Crippen molar-refractivity contribution in [3.63, 3.8) is 0 Å². The summed E-state index contributed by atoms with van der Waals surface area (Å²) < 4.78 is 0. The smallest absolute Gasteiger partial charge is 0.315 e. The minimum absolute atomic E-state index is 0.0610. The lowest BCUT2D eigenvalue weighted by Gasteiger charge is -2.17. The highest BCUT2D eigenvalue weighted by Gasteiger charge is 2.18. The van der Waals surface area contributed by atoms with Gasteiger partial charge in [-0.25, -0.2) is 4.79 Å². The van der Waals surface area contributed by atoms with E-state index in [1.54, 1.807) is 12.1 Å². The van der Waals surface area contributed by atoms with Crippen molar-refractivity contribution in [3.05, 3.63) is 35.4 Å². The Bertz CT molecular complexity index is 469. The van der Waals surface area contributed by atoms with Gasteiger partial charge >= 0.3 is 6.03 Å². The summed E-state index contributed by atoms with van der Waals surface area (Å²) in [6, 6.07) is 9.52. The highest BCUT2D eigenvalue weighted by molar-refractivity contribution is 5.74. The van der Waals surface area contributed by atoms with Crippen LogP contribution in [0.2, 0.25) is 0 Å². The average Bonchev–Trinajstić information content (AvgIpc) is 2.91. The van der Waals surface area contributed by atoms with Crippen molar-refractivity contribution in [3.8, 4) is 6.07 Å². The van der Waals surface area contributed by atoms with E-state index in [-0.39, 0.29) is 12.1 Å². The summed E-state index contributed by atoms with van der Waals surface area (Å²) in [6.45, 7) is 1.94. The van der Waals surface area contributed by atoms with Gasteiger partial charge in [-0.2, -0.15) is 5.26 Å². The highest BCUT2D eigenvalue weighted by Crippen LogP contribution is 2.18. The molecule has 0 aliphatic heterocycles. The summed E-state index contributed by atoms with van der Waals surface area (Å²) in [4.78, 5) is 11.8. The van der Waals surface area contributed by atoms with Gasteiger partial charge < -0.3 is 10.6 Å². The Labute approximate surface area is 113 Å². The fraction of sp³-hybridized carbons (Fsp3) is 0.467. The number of nitrogens with one attached hydrogen (secondary N) is 2. The summed E-state index contributed by atoms with van der Waals surface area (Å²) in [5.41, 5.74) is 1.63. The maximum absolute atomic E-state index is 11.8. The summed E-state index contributed by atoms with van der Waals surface area (Å²) in [5, 5.41) is 14.7. The van der Waals surface area contributed by atoms with Crippen LogP contribution in [0.25, 0.3) is 0 Å². The predicted octanol–water partition coefficient (Wildman–Crippen LogP) is 2.86. The van der Waals surface area contributed by atoms with Gasteiger partial charge in [-0.05, 0) is 37.5 Å². The van der Waals surface area contributed by atoms with Gasteiger partial charge in [0.15, 0.2) is 0 Å². The minimum atomic E-state index is -0.108. The number of amides is 2. The number of carbonyl (C=O) groups is 1. The second-order valence-corrected chi connectivity index (χ2v) is 5.05. The number of nitriles is 1. The molecule has 1 aliphatic rings. The van der Waals surface area contributed by atoms with Crippen molar-refractivity contribution in [2.75, 3.05) is 0 Å². The van der Waals surface area contributed by atoms with Gasteiger partial charge in [-0.3, -0.25) is 0 Å². The molecule has 1 atom stereocenters. The van der Waals surface area contributed by atoms with Crippen molar-refractivity contribution in [1.29, 1.82) is 5.26 Å². The maximum atomic E-state index is 11.8. The molecule has 0 saturated heterocycles. The van der Waals surface area contributed by atoms with Gasteiger partial charge in [0.2, 0.25) is 0 Å². The SMILES string of the molecule is C[C@@H](NC(=O)NC1CCCC1)c1ccc(C#N)cc1. The standard InChI is InChI=1S/C15H19N3O/c1-11(13-8-6-12(10-16)7-9-13)17-15(19)18-14-4-2-3-5-14/h6-9,11,14H,2-5H2,1H3,(H2,17,18,19)/t11-/m1/s1. The van der Waals surface area contributed by atoms with E-state index < -0.39 is 0 Å². The molecule has 19 heavy (non-hydrogen) atoms. The summed E-state index contributed by atoms with van der Waals surface area (Å²) in [7, 11) is 0. The van der Waals surface area contributed by atoms with E-state index >= 15 is 0 Å². The molecule has 2 amide bonds. The second kappa shape index (κ2) is 6.24. The van der Waals surface area contributed by atoms with Crippen LogP contribution in [0.5, 0.6) is 0 Å². The largest absolute Gasteiger partial charge is 0.335 e. The molecular formula is C15H19N3O. The molecule has 4 heteroatoms. The first kappa shape index (κ1) is 13.4. The Morgan fingerprint density at radius 2 is 1.95 bits per heavy atom. The minimum Gasteiger partial charge on any atom is -0.335 e. The third-order valence-corrected chi connectivity index (χ3v) is 3.58. The van der Waals surface area contributed by atoms with E-state index in [0.29, 0.717) is 11.6 Å². The number of rotatable bonds is 3. The summed E-state index contributed by atoms with van der Waals surface area (Å²) in [6.07, 6.45) is 4.57. The van der Waals surface area contributed by atoms with Crippen molar-refractivity contribution in [1.82, 2.24) is 10.6 Å². The van der Waals surface area contributed by atoms with Gasteiger partial charge in [0.25, 0.3) is 0 Å². The molecule has 1 fully saturated rings. The van der Waals surface area contributed by atoms with Crippen LogP contribution >= 0.6 is 0 Å². The molecule has 0 spiro atoms. The van der Waals surface area contributed by atoms with E-state index in [1.807, 2.05) is 19.1 Å². The number of carbonyl (C=O) groups excluding carboxylic acids is 1. The zero-order valence-corrected chi connectivity index (χ0v) is 11.1. The Balaban J connectivity index is 1.86. The fourth-order valence-electron chi connectivity index (χ4n) is 2.42. The molecule has 0 heterocycles. The first-order valence-electron chi connectivity index (χ1n) is 6.76. The van der Waals surface area contributed by atoms with Gasteiger partial charge in [0.1, 0.15) is 0 Å². The molecule has 1 aromatic rings. The predicted molar refractivity (Wildman–Crippen MR) is 73.5 cm³/mol. The molecule has 2 N–H and O–H groups in total. The van der Waals surface area contributed by atoms with Crippen LogP contribution in [0.3, 0.4) is 0 Å². The average molecular weight is 257 g/mol. The van der Waals surface area contributed by atoms with E-state index in [1.165, 1.54) is 12.8 Å². The van der Waals surface area contributed by atoms with E-state index in [0.717, 1.165) is 18.4 Å². The van der Waals surface area contributed by atoms with Gasteiger partial charge in [0.05, 0.1) is 17.7 Å². The molecule has 0 aromatic heterocycles. The van der Waals surface area contributed by atoms with Crippen molar-refractivity contribution in [2.24, 2.45) is 0 Å². The Hall–Kier alpha value is -2.02. The fourth-order valence-corrected chi connectivity index (χ4v) is 2.42. The molecule has 1 aliphatic carbocycles. The molecule has 0 radical (unpaired) electrons. The van der Waals surface area contributed by atoms with Crippen LogP contribution in [-0.4, -0.2) is 12.1 Å². The lowest BCUT2D eigenvalue weighted by Crippen LogP contribution is -2.41. The quantitative estimate of drug-likeness (QED) is 0.874. The Morgan fingerprint density at radius 1 is 1.32 bits per heavy atom. The summed E-state index contributed by atoms with van der Waals surface area (Å²) >= 11 is 0. The summed E-state index contributed by atoms with van der Waals surface area (Å²) in [5.74, 6) is 0. The first-order valence-corrected chi connectivity index (χ1v) is 6.76. The van der Waals surface area contributed by atoms with Gasteiger partial charge in [0, 0.05) is 6.04 Å². The normalized spacial score (nSPS) is 16.6. The van der Waals surface area contributed by atoms with Crippen LogP contribution in [0.1, 0.15) is 49.8 Å². The third-order valence-electron chi connectivity index (χ3n) is 3.58. The van der Waals surface area contributed by atoms with Crippen molar-refractivity contribution >= 4 is 6.03 Å². The molecule has 4 nitrogen and oxygen atoms in total. The van der Waals surface area contributed by atoms with Gasteiger partial charge in [-0.1, -0.05) is 25.0 Å². The van der Waals surface area contributed by atoms with Gasteiger partial charge in [-0.15, -0.1) is 0 Å². The van der Waals surface area contributed by atoms with Crippen molar-refractivity contribution < 1.29 is 4.79 Å². The number of urea groups is 1.